The monoisotopic (exact) mass is 268 g/mol. The van der Waals surface area contributed by atoms with E-state index in [0.29, 0.717) is 0 Å². The van der Waals surface area contributed by atoms with Crippen LogP contribution >= 0.6 is 11.8 Å². The van der Waals surface area contributed by atoms with Crippen molar-refractivity contribution in [1.29, 1.82) is 0 Å². The summed E-state index contributed by atoms with van der Waals surface area (Å²) in [5.41, 5.74) is 6.69. The zero-order chi connectivity index (χ0) is 13.4. The van der Waals surface area contributed by atoms with Crippen LogP contribution in [-0.2, 0) is 0 Å². The van der Waals surface area contributed by atoms with E-state index in [0.717, 1.165) is 5.88 Å². The molecule has 0 amide bonds. The molecule has 0 aromatic heterocycles. The van der Waals surface area contributed by atoms with Crippen LogP contribution in [0.2, 0.25) is 0 Å². The molecule has 2 heteroatoms. The van der Waals surface area contributed by atoms with Gasteiger partial charge in [-0.1, -0.05) is 30.0 Å². The van der Waals surface area contributed by atoms with Gasteiger partial charge in [-0.3, -0.25) is 0 Å². The average molecular weight is 268 g/mol. The highest BCUT2D eigenvalue weighted by Crippen LogP contribution is 2.31. The van der Waals surface area contributed by atoms with E-state index in [4.69, 9.17) is 0 Å². The fourth-order valence-corrected chi connectivity index (χ4v) is 3.44. The van der Waals surface area contributed by atoms with Crippen LogP contribution in [-0.4, -0.2) is 16.7 Å². The maximum Gasteiger partial charge on any atom is 0.206 e. The van der Waals surface area contributed by atoms with Gasteiger partial charge in [-0.05, 0) is 43.5 Å². The Morgan fingerprint density at radius 3 is 2.58 bits per heavy atom. The molecule has 1 aliphatic rings. The Labute approximate surface area is 119 Å². The molecule has 0 atom stereocenters. The van der Waals surface area contributed by atoms with Crippen molar-refractivity contribution < 1.29 is 4.58 Å². The van der Waals surface area contributed by atoms with Crippen molar-refractivity contribution >= 4 is 23.7 Å². The summed E-state index contributed by atoms with van der Waals surface area (Å²) in [7, 11) is 0. The Bertz CT molecular complexity index is 671. The fraction of sp³-hybridized carbons (Fsp3) is 0.235. The number of nitrogens with zero attached hydrogens (tertiary/aromatic N) is 1. The Morgan fingerprint density at radius 1 is 0.947 bits per heavy atom. The molecule has 96 valence electrons. The van der Waals surface area contributed by atoms with E-state index >= 15 is 0 Å². The van der Waals surface area contributed by atoms with Crippen molar-refractivity contribution in [2.45, 2.75) is 25.7 Å². The van der Waals surface area contributed by atoms with Gasteiger partial charge in [0.1, 0.15) is 0 Å². The highest BCUT2D eigenvalue weighted by atomic mass is 32.2. The summed E-state index contributed by atoms with van der Waals surface area (Å²) in [6.45, 7) is 6.52. The van der Waals surface area contributed by atoms with Gasteiger partial charge in [0, 0.05) is 17.0 Å². The van der Waals surface area contributed by atoms with Crippen LogP contribution in [0.5, 0.6) is 0 Å². The van der Waals surface area contributed by atoms with Crippen molar-refractivity contribution in [3.05, 3.63) is 58.7 Å². The van der Waals surface area contributed by atoms with Gasteiger partial charge in [0.05, 0.1) is 5.56 Å². The lowest BCUT2D eigenvalue weighted by Gasteiger charge is -2.14. The first kappa shape index (κ1) is 12.5. The van der Waals surface area contributed by atoms with Crippen molar-refractivity contribution in [1.82, 2.24) is 0 Å². The van der Waals surface area contributed by atoms with Crippen LogP contribution in [0.1, 0.15) is 22.3 Å². The molecule has 0 fully saturated rings. The van der Waals surface area contributed by atoms with Gasteiger partial charge in [0.2, 0.25) is 5.69 Å². The van der Waals surface area contributed by atoms with E-state index in [2.05, 4.69) is 68.0 Å². The minimum Gasteiger partial charge on any atom is -0.188 e. The molecule has 0 N–H and O–H groups in total. The van der Waals surface area contributed by atoms with Gasteiger partial charge in [-0.25, -0.2) is 0 Å². The van der Waals surface area contributed by atoms with Gasteiger partial charge >= 0.3 is 0 Å². The minimum absolute atomic E-state index is 0.986. The van der Waals surface area contributed by atoms with Crippen LogP contribution in [0.15, 0.2) is 41.3 Å². The topological polar surface area (TPSA) is 3.01 Å². The van der Waals surface area contributed by atoms with E-state index in [-0.39, 0.29) is 0 Å². The quantitative estimate of drug-likeness (QED) is 0.691. The zero-order valence-corrected chi connectivity index (χ0v) is 12.4. The van der Waals surface area contributed by atoms with Crippen LogP contribution in [0, 0.1) is 20.8 Å². The summed E-state index contributed by atoms with van der Waals surface area (Å²) in [6, 6.07) is 13.2. The van der Waals surface area contributed by atoms with Crippen molar-refractivity contribution in [2.24, 2.45) is 0 Å². The molecule has 1 heterocycles. The fourth-order valence-electron chi connectivity index (χ4n) is 2.37. The summed E-state index contributed by atoms with van der Waals surface area (Å²) in [5, 5.41) is 0. The molecule has 2 aromatic rings. The normalized spacial score (nSPS) is 13.9. The Balaban J connectivity index is 2.05. The molecular formula is C17H18NS+. The van der Waals surface area contributed by atoms with Gasteiger partial charge < -0.3 is 0 Å². The lowest BCUT2D eigenvalue weighted by atomic mass is 10.1. The molecule has 3 rings (SSSR count). The third-order valence-electron chi connectivity index (χ3n) is 3.71. The van der Waals surface area contributed by atoms with Crippen LogP contribution < -0.4 is 0 Å². The van der Waals surface area contributed by atoms with E-state index in [1.165, 1.54) is 32.8 Å². The van der Waals surface area contributed by atoms with E-state index < -0.39 is 0 Å². The largest absolute Gasteiger partial charge is 0.206 e. The number of fused-ring (bicyclic) bond motifs is 1. The molecule has 0 unspecified atom stereocenters. The molecule has 0 bridgehead atoms. The number of thioether (sulfide) groups is 1. The summed E-state index contributed by atoms with van der Waals surface area (Å²) in [4.78, 5) is 1.42. The van der Waals surface area contributed by atoms with Gasteiger partial charge in [-0.15, -0.1) is 0 Å². The first-order valence-electron chi connectivity index (χ1n) is 6.56. The van der Waals surface area contributed by atoms with E-state index in [9.17, 15) is 0 Å². The Kier molecular flexibility index (Phi) is 3.19. The van der Waals surface area contributed by atoms with E-state index in [1.807, 2.05) is 11.8 Å². The van der Waals surface area contributed by atoms with Crippen molar-refractivity contribution in [2.75, 3.05) is 5.88 Å². The number of hydrogen-bond acceptors (Lipinski definition) is 1. The lowest BCUT2D eigenvalue weighted by Crippen LogP contribution is -2.13. The Morgan fingerprint density at radius 2 is 1.79 bits per heavy atom. The molecule has 1 aliphatic heterocycles. The zero-order valence-electron chi connectivity index (χ0n) is 11.6. The van der Waals surface area contributed by atoms with Crippen molar-refractivity contribution in [3.63, 3.8) is 0 Å². The maximum atomic E-state index is 2.33. The van der Waals surface area contributed by atoms with Gasteiger partial charge in [0.25, 0.3) is 0 Å². The summed E-state index contributed by atoms with van der Waals surface area (Å²) in [5.74, 6) is 0.986. The van der Waals surface area contributed by atoms with E-state index in [1.54, 1.807) is 0 Å². The highest BCUT2D eigenvalue weighted by molar-refractivity contribution is 7.99. The maximum absolute atomic E-state index is 2.33. The number of benzene rings is 2. The number of aryl methyl sites for hydroxylation is 3. The molecule has 19 heavy (non-hydrogen) atoms. The predicted molar refractivity (Wildman–Crippen MR) is 82.9 cm³/mol. The molecule has 2 aromatic carbocycles. The SMILES string of the molecule is Cc1ccc([N+]2=Cc3cccc(C)c3SC2)cc1C. The molecule has 0 radical (unpaired) electrons. The molecule has 0 saturated heterocycles. The molecule has 0 saturated carbocycles. The van der Waals surface area contributed by atoms with Crippen LogP contribution in [0.25, 0.3) is 0 Å². The second kappa shape index (κ2) is 4.86. The molecule has 1 nitrogen and oxygen atoms in total. The first-order chi connectivity index (χ1) is 9.15. The van der Waals surface area contributed by atoms with Gasteiger partial charge in [0.15, 0.2) is 12.1 Å². The summed E-state index contributed by atoms with van der Waals surface area (Å²) < 4.78 is 2.33. The summed E-state index contributed by atoms with van der Waals surface area (Å²) in [6.07, 6.45) is 2.27. The van der Waals surface area contributed by atoms with Crippen LogP contribution in [0.3, 0.4) is 0 Å². The number of rotatable bonds is 1. The van der Waals surface area contributed by atoms with Gasteiger partial charge in [-0.2, -0.15) is 4.58 Å². The third-order valence-corrected chi connectivity index (χ3v) is 4.96. The highest BCUT2D eigenvalue weighted by Gasteiger charge is 2.19. The minimum atomic E-state index is 0.986. The number of hydrogen-bond donors (Lipinski definition) is 0. The average Bonchev–Trinajstić information content (AvgIpc) is 2.42. The van der Waals surface area contributed by atoms with Crippen molar-refractivity contribution in [3.8, 4) is 0 Å². The lowest BCUT2D eigenvalue weighted by molar-refractivity contribution is -0.411. The third kappa shape index (κ3) is 2.33. The summed E-state index contributed by atoms with van der Waals surface area (Å²) >= 11 is 1.92. The smallest absolute Gasteiger partial charge is 0.188 e. The predicted octanol–water partition coefficient (Wildman–Crippen LogP) is 4.44. The molecule has 0 aliphatic carbocycles. The molecule has 0 spiro atoms. The molecular weight excluding hydrogens is 250 g/mol. The first-order valence-corrected chi connectivity index (χ1v) is 7.55. The second-order valence-corrected chi connectivity index (χ2v) is 6.09. The standard InChI is InChI=1S/C17H18NS/c1-12-7-8-16(9-14(12)3)18-10-15-6-4-5-13(2)17(15)19-11-18/h4-10H,11H2,1-3H3/q+1. The Hall–Kier alpha value is -1.54. The second-order valence-electron chi connectivity index (χ2n) is 5.13. The van der Waals surface area contributed by atoms with Crippen LogP contribution in [0.4, 0.5) is 5.69 Å².